The molecule has 3 rings (SSSR count). The number of aliphatic hydroxyl groups is 1. The monoisotopic (exact) mass is 369 g/mol. The number of pyridine rings is 1. The quantitative estimate of drug-likeness (QED) is 0.447. The minimum Gasteiger partial charge on any atom is -0.386 e. The van der Waals surface area contributed by atoms with Crippen molar-refractivity contribution in [2.45, 2.75) is 41.2 Å². The van der Waals surface area contributed by atoms with Crippen LogP contribution in [0.3, 0.4) is 0 Å². The number of aromatic nitrogens is 1. The molecule has 0 aliphatic carbocycles. The third kappa shape index (κ3) is 5.00. The molecule has 2 aromatic carbocycles. The molecule has 0 fully saturated rings. The molecule has 130 valence electrons. The lowest BCUT2D eigenvalue weighted by Crippen LogP contribution is -2.20. The van der Waals surface area contributed by atoms with Gasteiger partial charge in [-0.25, -0.2) is 4.98 Å². The van der Waals surface area contributed by atoms with Gasteiger partial charge in [-0.1, -0.05) is 75.0 Å². The molecule has 3 aromatic rings. The molecule has 0 saturated carbocycles. The minimum absolute atomic E-state index is 0.0314. The average molecular weight is 370 g/mol. The van der Waals surface area contributed by atoms with E-state index >= 15 is 0 Å². The zero-order valence-corrected chi connectivity index (χ0v) is 16.3. The molecule has 25 heavy (non-hydrogen) atoms. The number of fused-ring (bicyclic) bond motifs is 1. The standard InChI is InChI=1S/C21H23NOS2/c1-21(2,3)25-20(24-18-10-6-7-13-22-18)19(23)17-12-11-15-8-4-5-9-16(15)14-17/h4-14,19-20,23H,1-3H3/t19-,20+/m0/s1. The van der Waals surface area contributed by atoms with E-state index in [1.54, 1.807) is 29.7 Å². The summed E-state index contributed by atoms with van der Waals surface area (Å²) in [7, 11) is 0. The fraction of sp³-hybridized carbons (Fsp3) is 0.286. The van der Waals surface area contributed by atoms with Gasteiger partial charge in [0.1, 0.15) is 6.10 Å². The van der Waals surface area contributed by atoms with Gasteiger partial charge in [0.2, 0.25) is 0 Å². The van der Waals surface area contributed by atoms with Gasteiger partial charge in [0, 0.05) is 10.9 Å². The Morgan fingerprint density at radius 2 is 1.64 bits per heavy atom. The summed E-state index contributed by atoms with van der Waals surface area (Å²) in [6, 6.07) is 20.3. The second kappa shape index (κ2) is 7.81. The first-order chi connectivity index (χ1) is 11.9. The van der Waals surface area contributed by atoms with Crippen molar-refractivity contribution >= 4 is 34.3 Å². The minimum atomic E-state index is -0.569. The molecule has 2 atom stereocenters. The molecule has 0 bridgehead atoms. The molecule has 0 aliphatic heterocycles. The van der Waals surface area contributed by atoms with Crippen LogP contribution in [0.25, 0.3) is 10.8 Å². The van der Waals surface area contributed by atoms with E-state index in [2.05, 4.69) is 50.0 Å². The largest absolute Gasteiger partial charge is 0.386 e. The first kappa shape index (κ1) is 18.3. The third-order valence-corrected chi connectivity index (χ3v) is 6.46. The summed E-state index contributed by atoms with van der Waals surface area (Å²) in [6.45, 7) is 6.53. The van der Waals surface area contributed by atoms with Gasteiger partial charge in [0.25, 0.3) is 0 Å². The van der Waals surface area contributed by atoms with Crippen molar-refractivity contribution in [1.82, 2.24) is 4.98 Å². The Hall–Kier alpha value is -1.49. The van der Waals surface area contributed by atoms with Crippen LogP contribution in [0.15, 0.2) is 71.9 Å². The highest BCUT2D eigenvalue weighted by Crippen LogP contribution is 2.44. The molecular weight excluding hydrogens is 346 g/mol. The smallest absolute Gasteiger partial charge is 0.100 e. The number of hydrogen-bond acceptors (Lipinski definition) is 4. The summed E-state index contributed by atoms with van der Waals surface area (Å²) in [4.78, 5) is 4.41. The maximum absolute atomic E-state index is 11.1. The van der Waals surface area contributed by atoms with Crippen LogP contribution in [0.2, 0.25) is 0 Å². The van der Waals surface area contributed by atoms with Crippen molar-refractivity contribution in [3.8, 4) is 0 Å². The molecule has 0 unspecified atom stereocenters. The van der Waals surface area contributed by atoms with Crippen LogP contribution in [0.1, 0.15) is 32.4 Å². The molecule has 1 aromatic heterocycles. The van der Waals surface area contributed by atoms with Gasteiger partial charge in [-0.3, -0.25) is 0 Å². The van der Waals surface area contributed by atoms with E-state index in [0.29, 0.717) is 0 Å². The number of rotatable bonds is 5. The fourth-order valence-electron chi connectivity index (χ4n) is 2.59. The normalized spacial score (nSPS) is 14.4. The number of nitrogens with zero attached hydrogens (tertiary/aromatic N) is 1. The number of thioether (sulfide) groups is 2. The molecule has 1 heterocycles. The van der Waals surface area contributed by atoms with Crippen molar-refractivity contribution < 1.29 is 5.11 Å². The second-order valence-corrected chi connectivity index (χ2v) is 10.4. The van der Waals surface area contributed by atoms with Gasteiger partial charge >= 0.3 is 0 Å². The SMILES string of the molecule is CC(C)(C)S[C@@H](Sc1ccccn1)[C@@H](O)c1ccc2ccccc2c1. The Labute approximate surface area is 158 Å². The number of hydrogen-bond donors (Lipinski definition) is 1. The van der Waals surface area contributed by atoms with Crippen LogP contribution in [0.4, 0.5) is 0 Å². The van der Waals surface area contributed by atoms with Crippen LogP contribution in [0.5, 0.6) is 0 Å². The highest BCUT2D eigenvalue weighted by atomic mass is 32.2. The van der Waals surface area contributed by atoms with Gasteiger partial charge in [0.05, 0.1) is 9.61 Å². The molecular formula is C21H23NOS2. The molecule has 0 spiro atoms. The van der Waals surface area contributed by atoms with Gasteiger partial charge in [-0.15, -0.1) is 11.8 Å². The van der Waals surface area contributed by atoms with E-state index in [1.165, 1.54) is 5.39 Å². The van der Waals surface area contributed by atoms with Crippen molar-refractivity contribution in [2.24, 2.45) is 0 Å². The first-order valence-corrected chi connectivity index (χ1v) is 10.1. The zero-order valence-electron chi connectivity index (χ0n) is 14.7. The molecule has 1 N–H and O–H groups in total. The van der Waals surface area contributed by atoms with E-state index in [1.807, 2.05) is 36.4 Å². The molecule has 0 amide bonds. The third-order valence-electron chi connectivity index (χ3n) is 3.72. The van der Waals surface area contributed by atoms with Crippen LogP contribution in [0, 0.1) is 0 Å². The highest BCUT2D eigenvalue weighted by molar-refractivity contribution is 8.17. The maximum atomic E-state index is 11.1. The summed E-state index contributed by atoms with van der Waals surface area (Å²) in [5.41, 5.74) is 0.948. The Bertz CT molecular complexity index is 830. The van der Waals surface area contributed by atoms with Crippen molar-refractivity contribution in [3.05, 3.63) is 72.4 Å². The molecule has 0 saturated heterocycles. The predicted octanol–water partition coefficient (Wildman–Crippen LogP) is 5.92. The van der Waals surface area contributed by atoms with Gasteiger partial charge in [-0.05, 0) is 34.5 Å². The van der Waals surface area contributed by atoms with Crippen molar-refractivity contribution in [1.29, 1.82) is 0 Å². The lowest BCUT2D eigenvalue weighted by Gasteiger charge is -2.29. The Kier molecular flexibility index (Phi) is 5.72. The summed E-state index contributed by atoms with van der Waals surface area (Å²) in [6.07, 6.45) is 1.23. The number of benzene rings is 2. The maximum Gasteiger partial charge on any atom is 0.100 e. The van der Waals surface area contributed by atoms with Crippen LogP contribution < -0.4 is 0 Å². The zero-order chi connectivity index (χ0) is 17.9. The summed E-state index contributed by atoms with van der Waals surface area (Å²) < 4.78 is 0.0145. The fourth-order valence-corrected chi connectivity index (χ4v) is 5.73. The van der Waals surface area contributed by atoms with Gasteiger partial charge in [-0.2, -0.15) is 0 Å². The van der Waals surface area contributed by atoms with Crippen molar-refractivity contribution in [3.63, 3.8) is 0 Å². The van der Waals surface area contributed by atoms with E-state index in [9.17, 15) is 5.11 Å². The van der Waals surface area contributed by atoms with Gasteiger partial charge in [0.15, 0.2) is 0 Å². The van der Waals surface area contributed by atoms with E-state index < -0.39 is 6.10 Å². The first-order valence-electron chi connectivity index (χ1n) is 8.35. The van der Waals surface area contributed by atoms with Crippen molar-refractivity contribution in [2.75, 3.05) is 0 Å². The van der Waals surface area contributed by atoms with E-state index in [4.69, 9.17) is 0 Å². The molecule has 4 heteroatoms. The average Bonchev–Trinajstić information content (AvgIpc) is 2.60. The van der Waals surface area contributed by atoms with Crippen LogP contribution in [-0.2, 0) is 0 Å². The second-order valence-electron chi connectivity index (χ2n) is 6.94. The highest BCUT2D eigenvalue weighted by Gasteiger charge is 2.28. The van der Waals surface area contributed by atoms with E-state index in [0.717, 1.165) is 16.0 Å². The van der Waals surface area contributed by atoms with E-state index in [-0.39, 0.29) is 9.33 Å². The molecule has 0 radical (unpaired) electrons. The Morgan fingerprint density at radius 3 is 2.32 bits per heavy atom. The summed E-state index contributed by atoms with van der Waals surface area (Å²) >= 11 is 3.40. The van der Waals surface area contributed by atoms with Crippen LogP contribution in [-0.4, -0.2) is 19.4 Å². The van der Waals surface area contributed by atoms with Crippen LogP contribution >= 0.6 is 23.5 Å². The topological polar surface area (TPSA) is 33.1 Å². The summed E-state index contributed by atoms with van der Waals surface area (Å²) in [5, 5.41) is 14.4. The number of aliphatic hydroxyl groups excluding tert-OH is 1. The van der Waals surface area contributed by atoms with Gasteiger partial charge < -0.3 is 5.11 Å². The Morgan fingerprint density at radius 1 is 0.920 bits per heavy atom. The molecule has 2 nitrogen and oxygen atoms in total. The Balaban J connectivity index is 1.89. The lowest BCUT2D eigenvalue weighted by atomic mass is 10.0. The molecule has 0 aliphatic rings. The summed E-state index contributed by atoms with van der Waals surface area (Å²) in [5.74, 6) is 0. The predicted molar refractivity (Wildman–Crippen MR) is 110 cm³/mol. The lowest BCUT2D eigenvalue weighted by molar-refractivity contribution is 0.196.